The maximum absolute atomic E-state index is 12.5. The topological polar surface area (TPSA) is 52.9 Å². The first-order chi connectivity index (χ1) is 11.6. The van der Waals surface area contributed by atoms with Gasteiger partial charge in [-0.2, -0.15) is 5.26 Å². The number of nitrogens with zero attached hydrogens (tertiary/aromatic N) is 1. The van der Waals surface area contributed by atoms with Crippen molar-refractivity contribution in [3.05, 3.63) is 60.2 Å². The van der Waals surface area contributed by atoms with Crippen LogP contribution in [0.2, 0.25) is 0 Å². The number of hydrogen-bond donors (Lipinski definition) is 1. The maximum atomic E-state index is 12.5. The standard InChI is InChI=1S/C21H22N2O/c1-16(23-20(24)21(15-22)13-5-6-14-21)17-9-11-19(12-10-17)18-7-3-2-4-8-18/h2-4,7-12,16H,5-6,13-14H2,1H3,(H,23,24). The normalized spacial score (nSPS) is 17.0. The maximum Gasteiger partial charge on any atom is 0.240 e. The number of rotatable bonds is 4. The molecule has 3 heteroatoms. The molecule has 0 heterocycles. The van der Waals surface area contributed by atoms with E-state index in [9.17, 15) is 10.1 Å². The summed E-state index contributed by atoms with van der Waals surface area (Å²) < 4.78 is 0. The minimum atomic E-state index is -0.821. The molecule has 122 valence electrons. The van der Waals surface area contributed by atoms with E-state index in [1.165, 1.54) is 5.56 Å². The van der Waals surface area contributed by atoms with Gasteiger partial charge in [-0.3, -0.25) is 4.79 Å². The van der Waals surface area contributed by atoms with E-state index in [1.54, 1.807) is 0 Å². The second-order valence-corrected chi connectivity index (χ2v) is 6.58. The molecule has 1 aliphatic rings. The highest BCUT2D eigenvalue weighted by atomic mass is 16.2. The van der Waals surface area contributed by atoms with Gasteiger partial charge in [-0.05, 0) is 36.5 Å². The molecule has 1 aliphatic carbocycles. The highest BCUT2D eigenvalue weighted by Crippen LogP contribution is 2.38. The molecule has 0 spiro atoms. The molecule has 1 fully saturated rings. The minimum Gasteiger partial charge on any atom is -0.348 e. The summed E-state index contributed by atoms with van der Waals surface area (Å²) >= 11 is 0. The van der Waals surface area contributed by atoms with Crippen LogP contribution in [0.5, 0.6) is 0 Å². The van der Waals surface area contributed by atoms with Crippen LogP contribution in [0.4, 0.5) is 0 Å². The Morgan fingerprint density at radius 1 is 1.04 bits per heavy atom. The first-order valence-corrected chi connectivity index (χ1v) is 8.52. The van der Waals surface area contributed by atoms with Gasteiger partial charge in [0.15, 0.2) is 0 Å². The van der Waals surface area contributed by atoms with Gasteiger partial charge in [0.2, 0.25) is 5.91 Å². The van der Waals surface area contributed by atoms with Crippen LogP contribution < -0.4 is 5.32 Å². The lowest BCUT2D eigenvalue weighted by Gasteiger charge is -2.23. The van der Waals surface area contributed by atoms with Crippen molar-refractivity contribution in [2.24, 2.45) is 5.41 Å². The van der Waals surface area contributed by atoms with Crippen molar-refractivity contribution in [1.82, 2.24) is 5.32 Å². The van der Waals surface area contributed by atoms with Gasteiger partial charge >= 0.3 is 0 Å². The molecule has 2 aromatic rings. The fourth-order valence-corrected chi connectivity index (χ4v) is 3.38. The molecular formula is C21H22N2O. The predicted molar refractivity (Wildman–Crippen MR) is 94.9 cm³/mol. The lowest BCUT2D eigenvalue weighted by atomic mass is 9.86. The highest BCUT2D eigenvalue weighted by Gasteiger charge is 2.41. The molecule has 0 radical (unpaired) electrons. The average Bonchev–Trinajstić information content (AvgIpc) is 3.13. The average molecular weight is 318 g/mol. The molecule has 24 heavy (non-hydrogen) atoms. The van der Waals surface area contributed by atoms with Crippen molar-refractivity contribution < 1.29 is 4.79 Å². The van der Waals surface area contributed by atoms with Gasteiger partial charge in [0.25, 0.3) is 0 Å². The van der Waals surface area contributed by atoms with Crippen molar-refractivity contribution in [1.29, 1.82) is 5.26 Å². The second-order valence-electron chi connectivity index (χ2n) is 6.58. The van der Waals surface area contributed by atoms with Crippen molar-refractivity contribution >= 4 is 5.91 Å². The Hall–Kier alpha value is -2.60. The van der Waals surface area contributed by atoms with Gasteiger partial charge in [-0.15, -0.1) is 0 Å². The third-order valence-corrected chi connectivity index (χ3v) is 4.97. The number of nitriles is 1. The molecule has 1 amide bonds. The zero-order valence-electron chi connectivity index (χ0n) is 14.0. The predicted octanol–water partition coefficient (Wildman–Crippen LogP) is 4.61. The van der Waals surface area contributed by atoms with Crippen LogP contribution in [0.15, 0.2) is 54.6 Å². The molecule has 1 N–H and O–H groups in total. The molecule has 1 saturated carbocycles. The Bertz CT molecular complexity index is 738. The largest absolute Gasteiger partial charge is 0.348 e. The summed E-state index contributed by atoms with van der Waals surface area (Å²) in [6.07, 6.45) is 3.27. The number of benzene rings is 2. The van der Waals surface area contributed by atoms with Crippen LogP contribution in [-0.4, -0.2) is 5.91 Å². The van der Waals surface area contributed by atoms with Gasteiger partial charge in [0.1, 0.15) is 5.41 Å². The Labute approximate surface area is 143 Å². The molecule has 0 bridgehead atoms. The third-order valence-electron chi connectivity index (χ3n) is 4.97. The number of amides is 1. The summed E-state index contributed by atoms with van der Waals surface area (Å²) in [4.78, 5) is 12.5. The molecule has 1 atom stereocenters. The first-order valence-electron chi connectivity index (χ1n) is 8.52. The number of hydrogen-bond acceptors (Lipinski definition) is 2. The van der Waals surface area contributed by atoms with E-state index in [2.05, 4.69) is 35.7 Å². The van der Waals surface area contributed by atoms with Crippen LogP contribution >= 0.6 is 0 Å². The summed E-state index contributed by atoms with van der Waals surface area (Å²) in [5.41, 5.74) is 2.56. The third kappa shape index (κ3) is 3.19. The van der Waals surface area contributed by atoms with Crippen molar-refractivity contribution in [2.75, 3.05) is 0 Å². The lowest BCUT2D eigenvalue weighted by molar-refractivity contribution is -0.128. The summed E-state index contributed by atoms with van der Waals surface area (Å²) in [5.74, 6) is -0.123. The molecule has 1 unspecified atom stereocenters. The van der Waals surface area contributed by atoms with Crippen molar-refractivity contribution in [3.8, 4) is 17.2 Å². The monoisotopic (exact) mass is 318 g/mol. The zero-order valence-corrected chi connectivity index (χ0v) is 14.0. The van der Waals surface area contributed by atoms with Crippen LogP contribution in [-0.2, 0) is 4.79 Å². The summed E-state index contributed by atoms with van der Waals surface area (Å²) in [5, 5.41) is 12.4. The molecule has 0 saturated heterocycles. The van der Waals surface area contributed by atoms with Crippen LogP contribution in [0, 0.1) is 16.7 Å². The molecule has 3 nitrogen and oxygen atoms in total. The van der Waals surface area contributed by atoms with Crippen molar-refractivity contribution in [2.45, 2.75) is 38.6 Å². The molecule has 0 aromatic heterocycles. The van der Waals surface area contributed by atoms with Gasteiger partial charge in [-0.1, -0.05) is 67.4 Å². The van der Waals surface area contributed by atoms with E-state index >= 15 is 0 Å². The Kier molecular flexibility index (Phi) is 4.66. The van der Waals surface area contributed by atoms with Gasteiger partial charge < -0.3 is 5.32 Å². The number of carbonyl (C=O) groups is 1. The van der Waals surface area contributed by atoms with Crippen LogP contribution in [0.1, 0.15) is 44.2 Å². The molecule has 3 rings (SSSR count). The fraction of sp³-hybridized carbons (Fsp3) is 0.333. The SMILES string of the molecule is CC(NC(=O)C1(C#N)CCCC1)c1ccc(-c2ccccc2)cc1. The van der Waals surface area contributed by atoms with E-state index in [0.717, 1.165) is 24.0 Å². The van der Waals surface area contributed by atoms with Gasteiger partial charge in [-0.25, -0.2) is 0 Å². The van der Waals surface area contributed by atoms with Gasteiger partial charge in [0.05, 0.1) is 12.1 Å². The zero-order chi connectivity index (χ0) is 17.0. The number of nitrogens with one attached hydrogen (secondary N) is 1. The first kappa shape index (κ1) is 16.3. The van der Waals surface area contributed by atoms with E-state index < -0.39 is 5.41 Å². The summed E-state index contributed by atoms with van der Waals surface area (Å²) in [7, 11) is 0. The van der Waals surface area contributed by atoms with E-state index in [-0.39, 0.29) is 11.9 Å². The van der Waals surface area contributed by atoms with Crippen LogP contribution in [0.25, 0.3) is 11.1 Å². The van der Waals surface area contributed by atoms with E-state index in [1.807, 2.05) is 37.3 Å². The quantitative estimate of drug-likeness (QED) is 0.894. The summed E-state index contributed by atoms with van der Waals surface area (Å²) in [6.45, 7) is 1.97. The minimum absolute atomic E-state index is 0.104. The second kappa shape index (κ2) is 6.88. The van der Waals surface area contributed by atoms with E-state index in [0.29, 0.717) is 12.8 Å². The Morgan fingerprint density at radius 3 is 2.21 bits per heavy atom. The molecular weight excluding hydrogens is 296 g/mol. The highest BCUT2D eigenvalue weighted by molar-refractivity contribution is 5.86. The van der Waals surface area contributed by atoms with Crippen molar-refractivity contribution in [3.63, 3.8) is 0 Å². The number of carbonyl (C=O) groups excluding carboxylic acids is 1. The Balaban J connectivity index is 1.70. The van der Waals surface area contributed by atoms with Crippen LogP contribution in [0.3, 0.4) is 0 Å². The fourth-order valence-electron chi connectivity index (χ4n) is 3.38. The molecule has 0 aliphatic heterocycles. The summed E-state index contributed by atoms with van der Waals surface area (Å²) in [6, 6.07) is 20.6. The van der Waals surface area contributed by atoms with Gasteiger partial charge in [0, 0.05) is 0 Å². The smallest absolute Gasteiger partial charge is 0.240 e. The Morgan fingerprint density at radius 2 is 1.62 bits per heavy atom. The molecule has 2 aromatic carbocycles. The van der Waals surface area contributed by atoms with E-state index in [4.69, 9.17) is 0 Å². The lowest BCUT2D eigenvalue weighted by Crippen LogP contribution is -2.39.